The van der Waals surface area contributed by atoms with Crippen LogP contribution >= 0.6 is 0 Å². The summed E-state index contributed by atoms with van der Waals surface area (Å²) in [6.45, 7) is 0.651. The maximum atomic E-state index is 12.0. The van der Waals surface area contributed by atoms with Gasteiger partial charge in [0.15, 0.2) is 0 Å². The second-order valence-electron chi connectivity index (χ2n) is 5.57. The summed E-state index contributed by atoms with van der Waals surface area (Å²) in [6.07, 6.45) is 0.477. The minimum Gasteiger partial charge on any atom is -0.497 e. The zero-order valence-corrected chi connectivity index (χ0v) is 14.2. The molecule has 0 fully saturated rings. The number of benzene rings is 2. The Bertz CT molecular complexity index is 687. The molecule has 6 nitrogen and oxygen atoms in total. The van der Waals surface area contributed by atoms with Gasteiger partial charge in [-0.25, -0.2) is 0 Å². The third-order valence-corrected chi connectivity index (χ3v) is 3.70. The van der Waals surface area contributed by atoms with Gasteiger partial charge in [-0.05, 0) is 36.2 Å². The van der Waals surface area contributed by atoms with Crippen LogP contribution in [0.3, 0.4) is 0 Å². The van der Waals surface area contributed by atoms with Gasteiger partial charge in [0.05, 0.1) is 13.2 Å². The predicted octanol–water partition coefficient (Wildman–Crippen LogP) is 1.11. The first kappa shape index (κ1) is 18.5. The molecule has 0 bridgehead atoms. The summed E-state index contributed by atoms with van der Waals surface area (Å²) in [4.78, 5) is 23.9. The molecule has 0 aliphatic carbocycles. The molecule has 2 aromatic rings. The highest BCUT2D eigenvalue weighted by atomic mass is 16.5. The number of nitrogens with two attached hydrogens (primary N) is 1. The Morgan fingerprint density at radius 1 is 1.00 bits per heavy atom. The highest BCUT2D eigenvalue weighted by Gasteiger charge is 2.13. The molecule has 2 rings (SSSR count). The van der Waals surface area contributed by atoms with E-state index in [1.165, 1.54) is 0 Å². The average molecular weight is 341 g/mol. The first-order chi connectivity index (χ1) is 12.1. The smallest absolute Gasteiger partial charge is 0.251 e. The molecule has 25 heavy (non-hydrogen) atoms. The van der Waals surface area contributed by atoms with E-state index in [1.54, 1.807) is 31.4 Å². The lowest BCUT2D eigenvalue weighted by Crippen LogP contribution is -2.44. The van der Waals surface area contributed by atoms with E-state index in [1.807, 2.05) is 30.3 Å². The monoisotopic (exact) mass is 341 g/mol. The second kappa shape index (κ2) is 9.44. The van der Waals surface area contributed by atoms with Crippen molar-refractivity contribution >= 4 is 11.8 Å². The Labute approximate surface area is 147 Å². The van der Waals surface area contributed by atoms with E-state index in [0.29, 0.717) is 30.8 Å². The van der Waals surface area contributed by atoms with Crippen LogP contribution < -0.4 is 21.1 Å². The fourth-order valence-corrected chi connectivity index (χ4v) is 2.30. The Kier molecular flexibility index (Phi) is 6.98. The van der Waals surface area contributed by atoms with Crippen LogP contribution in [0.25, 0.3) is 0 Å². The molecule has 0 heterocycles. The molecule has 2 aromatic carbocycles. The van der Waals surface area contributed by atoms with Crippen LogP contribution in [-0.2, 0) is 11.2 Å². The van der Waals surface area contributed by atoms with Gasteiger partial charge in [0.1, 0.15) is 5.75 Å². The van der Waals surface area contributed by atoms with Gasteiger partial charge in [0, 0.05) is 18.7 Å². The standard InChI is InChI=1S/C19H23N3O3/c1-25-16-9-7-15(8-10-16)18(23)21-11-12-22-19(24)17(20)13-14-5-3-2-4-6-14/h2-10,17H,11-13,20H2,1H3,(H,21,23)(H,22,24)/t17-/m0/s1. The summed E-state index contributed by atoms with van der Waals surface area (Å²) < 4.78 is 5.05. The summed E-state index contributed by atoms with van der Waals surface area (Å²) in [5, 5.41) is 5.47. The topological polar surface area (TPSA) is 93.5 Å². The first-order valence-corrected chi connectivity index (χ1v) is 8.09. The number of amides is 2. The quantitative estimate of drug-likeness (QED) is 0.627. The second-order valence-corrected chi connectivity index (χ2v) is 5.57. The van der Waals surface area contributed by atoms with Gasteiger partial charge in [0.25, 0.3) is 5.91 Å². The fourth-order valence-electron chi connectivity index (χ4n) is 2.30. The number of carbonyl (C=O) groups is 2. The number of methoxy groups -OCH3 is 1. The van der Waals surface area contributed by atoms with Crippen LogP contribution in [0.2, 0.25) is 0 Å². The number of hydrogen-bond donors (Lipinski definition) is 3. The van der Waals surface area contributed by atoms with Gasteiger partial charge in [-0.3, -0.25) is 9.59 Å². The summed E-state index contributed by atoms with van der Waals surface area (Å²) in [6, 6.07) is 15.8. The lowest BCUT2D eigenvalue weighted by Gasteiger charge is -2.13. The van der Waals surface area contributed by atoms with Crippen LogP contribution in [0.1, 0.15) is 15.9 Å². The molecule has 0 aliphatic rings. The van der Waals surface area contributed by atoms with Crippen LogP contribution in [0, 0.1) is 0 Å². The molecule has 132 valence electrons. The minimum atomic E-state index is -0.611. The van der Waals surface area contributed by atoms with Gasteiger partial charge >= 0.3 is 0 Å². The maximum absolute atomic E-state index is 12.0. The van der Waals surface area contributed by atoms with Crippen molar-refractivity contribution in [3.8, 4) is 5.75 Å². The Morgan fingerprint density at radius 2 is 1.64 bits per heavy atom. The van der Waals surface area contributed by atoms with E-state index >= 15 is 0 Å². The van der Waals surface area contributed by atoms with Gasteiger partial charge < -0.3 is 21.1 Å². The molecule has 6 heteroatoms. The average Bonchev–Trinajstić information content (AvgIpc) is 2.65. The van der Waals surface area contributed by atoms with E-state index in [0.717, 1.165) is 5.56 Å². The predicted molar refractivity (Wildman–Crippen MR) is 96.5 cm³/mol. The van der Waals surface area contributed by atoms with E-state index in [9.17, 15) is 9.59 Å². The maximum Gasteiger partial charge on any atom is 0.251 e. The molecule has 0 radical (unpaired) electrons. The number of rotatable bonds is 8. The van der Waals surface area contributed by atoms with E-state index in [-0.39, 0.29) is 11.8 Å². The van der Waals surface area contributed by atoms with Gasteiger partial charge in [0.2, 0.25) is 5.91 Å². The van der Waals surface area contributed by atoms with E-state index in [2.05, 4.69) is 10.6 Å². The van der Waals surface area contributed by atoms with Crippen molar-refractivity contribution in [2.75, 3.05) is 20.2 Å². The molecule has 0 saturated carbocycles. The van der Waals surface area contributed by atoms with Gasteiger partial charge in [-0.1, -0.05) is 30.3 Å². The van der Waals surface area contributed by atoms with E-state index < -0.39 is 6.04 Å². The highest BCUT2D eigenvalue weighted by Crippen LogP contribution is 2.10. The molecular formula is C19H23N3O3. The van der Waals surface area contributed by atoms with Crippen molar-refractivity contribution in [1.29, 1.82) is 0 Å². The SMILES string of the molecule is COc1ccc(C(=O)NCCNC(=O)[C@@H](N)Cc2ccccc2)cc1. The molecule has 2 amide bonds. The lowest BCUT2D eigenvalue weighted by atomic mass is 10.1. The minimum absolute atomic E-state index is 0.203. The molecule has 1 atom stereocenters. The number of hydrogen-bond acceptors (Lipinski definition) is 4. The molecule has 0 spiro atoms. The largest absolute Gasteiger partial charge is 0.497 e. The number of nitrogens with one attached hydrogen (secondary N) is 2. The Balaban J connectivity index is 1.69. The molecular weight excluding hydrogens is 318 g/mol. The first-order valence-electron chi connectivity index (χ1n) is 8.09. The lowest BCUT2D eigenvalue weighted by molar-refractivity contribution is -0.122. The zero-order chi connectivity index (χ0) is 18.1. The van der Waals surface area contributed by atoms with Crippen LogP contribution in [0.4, 0.5) is 0 Å². The van der Waals surface area contributed by atoms with E-state index in [4.69, 9.17) is 10.5 Å². The number of ether oxygens (including phenoxy) is 1. The van der Waals surface area contributed by atoms with Crippen molar-refractivity contribution in [2.24, 2.45) is 5.73 Å². The van der Waals surface area contributed by atoms with Crippen LogP contribution in [-0.4, -0.2) is 38.1 Å². The third kappa shape index (κ3) is 5.93. The van der Waals surface area contributed by atoms with Gasteiger partial charge in [-0.15, -0.1) is 0 Å². The van der Waals surface area contributed by atoms with Gasteiger partial charge in [-0.2, -0.15) is 0 Å². The third-order valence-electron chi connectivity index (χ3n) is 3.70. The van der Waals surface area contributed by atoms with Crippen molar-refractivity contribution in [1.82, 2.24) is 10.6 Å². The molecule has 0 aromatic heterocycles. The molecule has 0 aliphatic heterocycles. The van der Waals surface area contributed by atoms with Crippen molar-refractivity contribution in [3.63, 3.8) is 0 Å². The normalized spacial score (nSPS) is 11.4. The van der Waals surface area contributed by atoms with Crippen molar-refractivity contribution in [2.45, 2.75) is 12.5 Å². The summed E-state index contributed by atoms with van der Waals surface area (Å²) in [7, 11) is 1.57. The summed E-state index contributed by atoms with van der Waals surface area (Å²) in [5.41, 5.74) is 7.45. The highest BCUT2D eigenvalue weighted by molar-refractivity contribution is 5.94. The van der Waals surface area contributed by atoms with Crippen LogP contribution in [0.15, 0.2) is 54.6 Å². The summed E-state index contributed by atoms with van der Waals surface area (Å²) in [5.74, 6) is 0.254. The Hall–Kier alpha value is -2.86. The molecule has 4 N–H and O–H groups in total. The zero-order valence-electron chi connectivity index (χ0n) is 14.2. The summed E-state index contributed by atoms with van der Waals surface area (Å²) >= 11 is 0. The fraction of sp³-hybridized carbons (Fsp3) is 0.263. The van der Waals surface area contributed by atoms with Crippen molar-refractivity contribution in [3.05, 3.63) is 65.7 Å². The number of carbonyl (C=O) groups excluding carboxylic acids is 2. The molecule has 0 unspecified atom stereocenters. The van der Waals surface area contributed by atoms with Crippen molar-refractivity contribution < 1.29 is 14.3 Å². The molecule has 0 saturated heterocycles. The van der Waals surface area contributed by atoms with Crippen LogP contribution in [0.5, 0.6) is 5.75 Å². The Morgan fingerprint density at radius 3 is 2.28 bits per heavy atom.